The maximum absolute atomic E-state index is 12.6. The van der Waals surface area contributed by atoms with Gasteiger partial charge in [0.05, 0.1) is 28.3 Å². The second-order valence-corrected chi connectivity index (χ2v) is 5.70. The molecule has 0 aromatic heterocycles. The summed E-state index contributed by atoms with van der Waals surface area (Å²) in [6.45, 7) is 1.06. The van der Waals surface area contributed by atoms with E-state index in [1.165, 1.54) is 12.1 Å². The Kier molecular flexibility index (Phi) is 3.47. The largest absolute Gasteiger partial charge is 0.491 e. The predicted octanol–water partition coefficient (Wildman–Crippen LogP) is 2.17. The zero-order valence-electron chi connectivity index (χ0n) is 12.9. The Hall–Kier alpha value is -3.26. The number of non-ortho nitro benzene ring substituents is 1. The average Bonchev–Trinajstić information content (AvgIpc) is 3.40. The zero-order chi connectivity index (χ0) is 17.6. The number of amides is 2. The molecule has 2 aromatic carbocycles. The van der Waals surface area contributed by atoms with Gasteiger partial charge in [0.25, 0.3) is 17.5 Å². The summed E-state index contributed by atoms with van der Waals surface area (Å²) in [5, 5.41) is 10.9. The number of nitrogens with zero attached hydrogens (tertiary/aromatic N) is 2. The molecule has 126 valence electrons. The van der Waals surface area contributed by atoms with Crippen molar-refractivity contribution in [1.82, 2.24) is 0 Å². The van der Waals surface area contributed by atoms with Crippen molar-refractivity contribution in [3.05, 3.63) is 63.7 Å². The number of ether oxygens (including phenoxy) is 2. The van der Waals surface area contributed by atoms with Crippen molar-refractivity contribution in [2.45, 2.75) is 6.10 Å². The van der Waals surface area contributed by atoms with Crippen molar-refractivity contribution < 1.29 is 24.0 Å². The Morgan fingerprint density at radius 2 is 1.92 bits per heavy atom. The molecule has 0 saturated carbocycles. The number of rotatable bonds is 5. The average molecular weight is 340 g/mol. The van der Waals surface area contributed by atoms with E-state index in [1.54, 1.807) is 24.3 Å². The molecule has 4 rings (SSSR count). The first-order valence-electron chi connectivity index (χ1n) is 7.56. The molecule has 2 amide bonds. The quantitative estimate of drug-likeness (QED) is 0.358. The number of epoxide rings is 1. The number of benzene rings is 2. The summed E-state index contributed by atoms with van der Waals surface area (Å²) >= 11 is 0. The Morgan fingerprint density at radius 1 is 1.16 bits per heavy atom. The fourth-order valence-electron chi connectivity index (χ4n) is 2.64. The third-order valence-electron chi connectivity index (χ3n) is 4.00. The molecule has 1 atom stereocenters. The van der Waals surface area contributed by atoms with Crippen LogP contribution in [0.1, 0.15) is 20.7 Å². The highest BCUT2D eigenvalue weighted by molar-refractivity contribution is 6.34. The predicted molar refractivity (Wildman–Crippen MR) is 85.9 cm³/mol. The van der Waals surface area contributed by atoms with Gasteiger partial charge in [0.2, 0.25) is 0 Å². The molecule has 0 bridgehead atoms. The van der Waals surface area contributed by atoms with Gasteiger partial charge in [-0.25, -0.2) is 4.90 Å². The molecule has 1 saturated heterocycles. The van der Waals surface area contributed by atoms with Gasteiger partial charge in [0.1, 0.15) is 18.5 Å². The summed E-state index contributed by atoms with van der Waals surface area (Å²) in [6, 6.07) is 10.2. The van der Waals surface area contributed by atoms with Crippen LogP contribution in [0, 0.1) is 10.1 Å². The number of fused-ring (bicyclic) bond motifs is 1. The molecule has 8 heteroatoms. The van der Waals surface area contributed by atoms with E-state index in [0.717, 1.165) is 11.0 Å². The fourth-order valence-corrected chi connectivity index (χ4v) is 2.64. The first-order valence-corrected chi connectivity index (χ1v) is 7.56. The summed E-state index contributed by atoms with van der Waals surface area (Å²) < 4.78 is 10.6. The lowest BCUT2D eigenvalue weighted by Gasteiger charge is -2.15. The lowest BCUT2D eigenvalue weighted by molar-refractivity contribution is -0.384. The molecule has 2 aromatic rings. The smallest absolute Gasteiger partial charge is 0.270 e. The maximum Gasteiger partial charge on any atom is 0.270 e. The summed E-state index contributed by atoms with van der Waals surface area (Å²) in [5.74, 6) is -0.598. The van der Waals surface area contributed by atoms with E-state index in [0.29, 0.717) is 24.7 Å². The monoisotopic (exact) mass is 340 g/mol. The van der Waals surface area contributed by atoms with Crippen LogP contribution in [0.25, 0.3) is 0 Å². The van der Waals surface area contributed by atoms with Gasteiger partial charge >= 0.3 is 0 Å². The highest BCUT2D eigenvalue weighted by atomic mass is 16.6. The fraction of sp³-hybridized carbons (Fsp3) is 0.176. The number of nitro benzene ring substituents is 1. The number of imide groups is 1. The van der Waals surface area contributed by atoms with E-state index >= 15 is 0 Å². The van der Waals surface area contributed by atoms with Gasteiger partial charge in [0, 0.05) is 18.2 Å². The summed E-state index contributed by atoms with van der Waals surface area (Å²) in [4.78, 5) is 36.4. The topological polar surface area (TPSA) is 102 Å². The van der Waals surface area contributed by atoms with Crippen LogP contribution in [0.15, 0.2) is 42.5 Å². The van der Waals surface area contributed by atoms with E-state index < -0.39 is 16.7 Å². The van der Waals surface area contributed by atoms with Gasteiger partial charge in [-0.1, -0.05) is 6.07 Å². The number of anilines is 1. The van der Waals surface area contributed by atoms with Crippen LogP contribution in [0.2, 0.25) is 0 Å². The van der Waals surface area contributed by atoms with Crippen molar-refractivity contribution in [2.75, 3.05) is 18.1 Å². The summed E-state index contributed by atoms with van der Waals surface area (Å²) in [5.41, 5.74) is 0.288. The normalized spacial score (nSPS) is 18.2. The van der Waals surface area contributed by atoms with Crippen LogP contribution in [-0.2, 0) is 4.74 Å². The van der Waals surface area contributed by atoms with Gasteiger partial charge < -0.3 is 9.47 Å². The van der Waals surface area contributed by atoms with Crippen molar-refractivity contribution >= 4 is 23.2 Å². The third kappa shape index (κ3) is 2.72. The van der Waals surface area contributed by atoms with Gasteiger partial charge in [-0.05, 0) is 18.2 Å². The lowest BCUT2D eigenvalue weighted by atomic mass is 10.1. The maximum atomic E-state index is 12.6. The SMILES string of the molecule is O=C1c2ccc([N+](=O)[O-])cc2C(=O)N1c1cccc(OCC2CO2)c1. The van der Waals surface area contributed by atoms with Crippen LogP contribution in [0.5, 0.6) is 5.75 Å². The molecule has 8 nitrogen and oxygen atoms in total. The molecule has 2 heterocycles. The van der Waals surface area contributed by atoms with Gasteiger partial charge in [-0.3, -0.25) is 19.7 Å². The standard InChI is InChI=1S/C17H12N2O6/c20-16-14-5-4-11(19(22)23)7-15(14)17(21)18(16)10-2-1-3-12(6-10)24-8-13-9-25-13/h1-7,13H,8-9H2. The summed E-state index contributed by atoms with van der Waals surface area (Å²) in [7, 11) is 0. The highest BCUT2D eigenvalue weighted by Gasteiger charge is 2.38. The second kappa shape index (κ2) is 5.67. The van der Waals surface area contributed by atoms with Crippen LogP contribution < -0.4 is 9.64 Å². The zero-order valence-corrected chi connectivity index (χ0v) is 12.9. The first kappa shape index (κ1) is 15.3. The van der Waals surface area contributed by atoms with E-state index in [4.69, 9.17) is 9.47 Å². The number of hydrogen-bond donors (Lipinski definition) is 0. The van der Waals surface area contributed by atoms with E-state index in [9.17, 15) is 19.7 Å². The Balaban J connectivity index is 1.64. The minimum absolute atomic E-state index is 0.0249. The van der Waals surface area contributed by atoms with Crippen LogP contribution in [-0.4, -0.2) is 36.1 Å². The van der Waals surface area contributed by atoms with Crippen LogP contribution in [0.3, 0.4) is 0 Å². The van der Waals surface area contributed by atoms with Crippen LogP contribution in [0.4, 0.5) is 11.4 Å². The molecule has 0 aliphatic carbocycles. The van der Waals surface area contributed by atoms with Gasteiger partial charge in [-0.15, -0.1) is 0 Å². The first-order chi connectivity index (χ1) is 12.0. The molecule has 0 N–H and O–H groups in total. The molecule has 0 spiro atoms. The van der Waals surface area contributed by atoms with Crippen molar-refractivity contribution in [2.24, 2.45) is 0 Å². The Labute approximate surface area is 141 Å². The molecular formula is C17H12N2O6. The Morgan fingerprint density at radius 3 is 2.64 bits per heavy atom. The molecule has 2 aliphatic heterocycles. The van der Waals surface area contributed by atoms with Crippen molar-refractivity contribution in [1.29, 1.82) is 0 Å². The molecule has 2 aliphatic rings. The summed E-state index contributed by atoms with van der Waals surface area (Å²) in [6.07, 6.45) is 0.0866. The number of nitro groups is 1. The Bertz CT molecular complexity index is 906. The number of hydrogen-bond acceptors (Lipinski definition) is 6. The second-order valence-electron chi connectivity index (χ2n) is 5.70. The van der Waals surface area contributed by atoms with Gasteiger partial charge in [0.15, 0.2) is 0 Å². The van der Waals surface area contributed by atoms with E-state index in [1.807, 2.05) is 0 Å². The minimum Gasteiger partial charge on any atom is -0.491 e. The van der Waals surface area contributed by atoms with Crippen molar-refractivity contribution in [3.63, 3.8) is 0 Å². The molecule has 0 radical (unpaired) electrons. The molecule has 1 fully saturated rings. The van der Waals surface area contributed by atoms with E-state index in [2.05, 4.69) is 0 Å². The van der Waals surface area contributed by atoms with Crippen molar-refractivity contribution in [3.8, 4) is 5.75 Å². The molecule has 1 unspecified atom stereocenters. The van der Waals surface area contributed by atoms with Gasteiger partial charge in [-0.2, -0.15) is 0 Å². The number of carbonyl (C=O) groups is 2. The van der Waals surface area contributed by atoms with E-state index in [-0.39, 0.29) is 22.9 Å². The van der Waals surface area contributed by atoms with Crippen LogP contribution >= 0.6 is 0 Å². The number of carbonyl (C=O) groups excluding carboxylic acids is 2. The molecule has 25 heavy (non-hydrogen) atoms. The minimum atomic E-state index is -0.602. The highest BCUT2D eigenvalue weighted by Crippen LogP contribution is 2.32. The molecular weight excluding hydrogens is 328 g/mol. The lowest BCUT2D eigenvalue weighted by Crippen LogP contribution is -2.29. The third-order valence-corrected chi connectivity index (χ3v) is 4.00.